The molecule has 22 heavy (non-hydrogen) atoms. The molecular formula is C17H22F2N2O. The number of piperidine rings is 1. The van der Waals surface area contributed by atoms with Gasteiger partial charge in [-0.25, -0.2) is 8.78 Å². The Kier molecular flexibility index (Phi) is 4.71. The minimum atomic E-state index is -0.639. The molecule has 0 aliphatic carbocycles. The molecule has 5 heteroatoms. The molecule has 2 aliphatic heterocycles. The molecule has 0 radical (unpaired) electrons. The van der Waals surface area contributed by atoms with E-state index in [4.69, 9.17) is 0 Å². The van der Waals surface area contributed by atoms with Crippen molar-refractivity contribution in [1.82, 2.24) is 9.80 Å². The molecule has 0 spiro atoms. The number of carbonyl (C=O) groups excluding carboxylic acids is 1. The van der Waals surface area contributed by atoms with Gasteiger partial charge in [-0.05, 0) is 44.0 Å². The highest BCUT2D eigenvalue weighted by atomic mass is 19.1. The van der Waals surface area contributed by atoms with Crippen LogP contribution in [0.2, 0.25) is 0 Å². The molecule has 1 aromatic rings. The zero-order valence-electron chi connectivity index (χ0n) is 12.7. The Morgan fingerprint density at radius 3 is 2.64 bits per heavy atom. The second kappa shape index (κ2) is 6.73. The number of amides is 1. The first kappa shape index (κ1) is 15.4. The van der Waals surface area contributed by atoms with E-state index in [0.29, 0.717) is 6.04 Å². The van der Waals surface area contributed by atoms with Gasteiger partial charge in [-0.3, -0.25) is 9.69 Å². The van der Waals surface area contributed by atoms with Crippen molar-refractivity contribution < 1.29 is 13.6 Å². The summed E-state index contributed by atoms with van der Waals surface area (Å²) in [5, 5.41) is 0. The Morgan fingerprint density at radius 2 is 1.91 bits per heavy atom. The average Bonchev–Trinajstić information content (AvgIpc) is 3.01. The van der Waals surface area contributed by atoms with E-state index in [1.807, 2.05) is 4.90 Å². The standard InChI is InChI=1S/C17H22F2N2O/c18-14-5-4-13(16(19)11-14)10-17(22)21-9-6-15(12-21)20-7-2-1-3-8-20/h4-5,11,15H,1-3,6-10,12H2/t15-/m1/s1. The van der Waals surface area contributed by atoms with E-state index in [9.17, 15) is 13.6 Å². The predicted molar refractivity (Wildman–Crippen MR) is 80.5 cm³/mol. The maximum atomic E-state index is 13.6. The molecule has 3 nitrogen and oxygen atoms in total. The number of rotatable bonds is 3. The lowest BCUT2D eigenvalue weighted by molar-refractivity contribution is -0.129. The minimum Gasteiger partial charge on any atom is -0.341 e. The fourth-order valence-electron chi connectivity index (χ4n) is 3.49. The van der Waals surface area contributed by atoms with Crippen LogP contribution in [0, 0.1) is 11.6 Å². The van der Waals surface area contributed by atoms with Crippen molar-refractivity contribution in [2.45, 2.75) is 38.1 Å². The number of hydrogen-bond acceptors (Lipinski definition) is 2. The molecule has 2 fully saturated rings. The lowest BCUT2D eigenvalue weighted by atomic mass is 10.1. The van der Waals surface area contributed by atoms with E-state index in [2.05, 4.69) is 4.90 Å². The highest BCUT2D eigenvalue weighted by Gasteiger charge is 2.31. The van der Waals surface area contributed by atoms with Gasteiger partial charge in [0.05, 0.1) is 6.42 Å². The van der Waals surface area contributed by atoms with Crippen molar-refractivity contribution in [3.8, 4) is 0 Å². The van der Waals surface area contributed by atoms with Crippen LogP contribution in [0.3, 0.4) is 0 Å². The lowest BCUT2D eigenvalue weighted by Gasteiger charge is -2.32. The smallest absolute Gasteiger partial charge is 0.227 e. The van der Waals surface area contributed by atoms with Gasteiger partial charge >= 0.3 is 0 Å². The van der Waals surface area contributed by atoms with E-state index in [1.165, 1.54) is 31.4 Å². The maximum absolute atomic E-state index is 13.6. The van der Waals surface area contributed by atoms with Crippen LogP contribution in [0.1, 0.15) is 31.2 Å². The Morgan fingerprint density at radius 1 is 1.14 bits per heavy atom. The molecule has 1 amide bonds. The van der Waals surface area contributed by atoms with Gasteiger partial charge in [0.1, 0.15) is 11.6 Å². The van der Waals surface area contributed by atoms with E-state index < -0.39 is 11.6 Å². The molecule has 0 N–H and O–H groups in total. The molecular weight excluding hydrogens is 286 g/mol. The lowest BCUT2D eigenvalue weighted by Crippen LogP contribution is -2.41. The van der Waals surface area contributed by atoms with Gasteiger partial charge in [0.25, 0.3) is 0 Å². The topological polar surface area (TPSA) is 23.6 Å². The number of halogens is 2. The summed E-state index contributed by atoms with van der Waals surface area (Å²) in [5.41, 5.74) is 0.271. The molecule has 120 valence electrons. The number of hydrogen-bond donors (Lipinski definition) is 0. The van der Waals surface area contributed by atoms with Crippen LogP contribution in [0.4, 0.5) is 8.78 Å². The molecule has 0 aromatic heterocycles. The van der Waals surface area contributed by atoms with Crippen molar-refractivity contribution in [2.24, 2.45) is 0 Å². The van der Waals surface area contributed by atoms with Gasteiger partial charge in [-0.1, -0.05) is 12.5 Å². The largest absolute Gasteiger partial charge is 0.341 e. The first-order valence-electron chi connectivity index (χ1n) is 8.09. The zero-order chi connectivity index (χ0) is 15.5. The Bertz CT molecular complexity index is 543. The average molecular weight is 308 g/mol. The van der Waals surface area contributed by atoms with Crippen molar-refractivity contribution >= 4 is 5.91 Å². The molecule has 2 aliphatic rings. The summed E-state index contributed by atoms with van der Waals surface area (Å²) in [6.07, 6.45) is 4.79. The number of likely N-dealkylation sites (tertiary alicyclic amines) is 2. The van der Waals surface area contributed by atoms with Crippen LogP contribution in [0.15, 0.2) is 18.2 Å². The van der Waals surface area contributed by atoms with Gasteiger partial charge in [0.2, 0.25) is 5.91 Å². The Hall–Kier alpha value is -1.49. The van der Waals surface area contributed by atoms with E-state index in [-0.39, 0.29) is 17.9 Å². The summed E-state index contributed by atoms with van der Waals surface area (Å²) < 4.78 is 26.5. The fraction of sp³-hybridized carbons (Fsp3) is 0.588. The van der Waals surface area contributed by atoms with Crippen molar-refractivity contribution in [3.63, 3.8) is 0 Å². The molecule has 2 heterocycles. The zero-order valence-corrected chi connectivity index (χ0v) is 12.7. The van der Waals surface area contributed by atoms with Crippen molar-refractivity contribution in [2.75, 3.05) is 26.2 Å². The Labute approximate surface area is 129 Å². The van der Waals surface area contributed by atoms with E-state index in [1.54, 1.807) is 0 Å². The SMILES string of the molecule is O=C(Cc1ccc(F)cc1F)N1CC[C@@H](N2CCCCC2)C1. The highest BCUT2D eigenvalue weighted by Crippen LogP contribution is 2.21. The van der Waals surface area contributed by atoms with E-state index >= 15 is 0 Å². The highest BCUT2D eigenvalue weighted by molar-refractivity contribution is 5.79. The predicted octanol–water partition coefficient (Wildman–Crippen LogP) is 2.59. The number of nitrogens with zero attached hydrogens (tertiary/aromatic N) is 2. The summed E-state index contributed by atoms with van der Waals surface area (Å²) in [6, 6.07) is 3.85. The second-order valence-electron chi connectivity index (χ2n) is 6.29. The number of benzene rings is 1. The minimum absolute atomic E-state index is 0.0127. The van der Waals surface area contributed by atoms with Crippen molar-refractivity contribution in [3.05, 3.63) is 35.4 Å². The van der Waals surface area contributed by atoms with Crippen LogP contribution in [-0.2, 0) is 11.2 Å². The van der Waals surface area contributed by atoms with Gasteiger partial charge in [0, 0.05) is 25.2 Å². The number of carbonyl (C=O) groups is 1. The third-order valence-electron chi connectivity index (χ3n) is 4.78. The molecule has 0 bridgehead atoms. The molecule has 3 rings (SSSR count). The summed E-state index contributed by atoms with van der Waals surface area (Å²) in [4.78, 5) is 16.6. The van der Waals surface area contributed by atoms with E-state index in [0.717, 1.165) is 38.7 Å². The third kappa shape index (κ3) is 3.46. The van der Waals surface area contributed by atoms with Crippen LogP contribution in [0.5, 0.6) is 0 Å². The third-order valence-corrected chi connectivity index (χ3v) is 4.78. The fourth-order valence-corrected chi connectivity index (χ4v) is 3.49. The Balaban J connectivity index is 1.57. The second-order valence-corrected chi connectivity index (χ2v) is 6.29. The molecule has 1 atom stereocenters. The summed E-state index contributed by atoms with van der Waals surface area (Å²) >= 11 is 0. The van der Waals surface area contributed by atoms with Crippen LogP contribution < -0.4 is 0 Å². The maximum Gasteiger partial charge on any atom is 0.227 e. The first-order valence-corrected chi connectivity index (χ1v) is 8.09. The van der Waals surface area contributed by atoms with Crippen LogP contribution in [-0.4, -0.2) is 47.9 Å². The summed E-state index contributed by atoms with van der Waals surface area (Å²) in [5.74, 6) is -1.31. The molecule has 0 saturated carbocycles. The van der Waals surface area contributed by atoms with Gasteiger partial charge in [-0.2, -0.15) is 0 Å². The molecule has 1 aromatic carbocycles. The van der Waals surface area contributed by atoms with Gasteiger partial charge in [-0.15, -0.1) is 0 Å². The monoisotopic (exact) mass is 308 g/mol. The van der Waals surface area contributed by atoms with Crippen LogP contribution >= 0.6 is 0 Å². The van der Waals surface area contributed by atoms with Gasteiger partial charge < -0.3 is 4.90 Å². The quantitative estimate of drug-likeness (QED) is 0.857. The van der Waals surface area contributed by atoms with Gasteiger partial charge in [0.15, 0.2) is 0 Å². The first-order chi connectivity index (χ1) is 10.6. The normalized spacial score (nSPS) is 23.0. The summed E-state index contributed by atoms with van der Waals surface area (Å²) in [6.45, 7) is 3.73. The van der Waals surface area contributed by atoms with Crippen LogP contribution in [0.25, 0.3) is 0 Å². The van der Waals surface area contributed by atoms with Crippen molar-refractivity contribution in [1.29, 1.82) is 0 Å². The molecule has 0 unspecified atom stereocenters. The summed E-state index contributed by atoms with van der Waals surface area (Å²) in [7, 11) is 0. The molecule has 2 saturated heterocycles.